The maximum Gasteiger partial charge on any atom is 0.407 e. The van der Waals surface area contributed by atoms with E-state index in [4.69, 9.17) is 4.74 Å². The summed E-state index contributed by atoms with van der Waals surface area (Å²) in [5, 5.41) is 2.31. The Kier molecular flexibility index (Phi) is 4.11. The van der Waals surface area contributed by atoms with Crippen LogP contribution in [-0.2, 0) is 4.74 Å². The van der Waals surface area contributed by atoms with Gasteiger partial charge in [0.2, 0.25) is 0 Å². The molecule has 1 aromatic carbocycles. The van der Waals surface area contributed by atoms with Crippen LogP contribution in [0.25, 0.3) is 0 Å². The van der Waals surface area contributed by atoms with Gasteiger partial charge in [-0.25, -0.2) is 13.6 Å². The summed E-state index contributed by atoms with van der Waals surface area (Å²) < 4.78 is 36.4. The monoisotopic (exact) mass is 265 g/mol. The second-order valence-corrected chi connectivity index (χ2v) is 3.30. The molecule has 0 saturated carbocycles. The van der Waals surface area contributed by atoms with Gasteiger partial charge in [-0.1, -0.05) is 0 Å². The molecule has 1 fully saturated rings. The van der Waals surface area contributed by atoms with E-state index in [0.717, 1.165) is 12.1 Å². The van der Waals surface area contributed by atoms with Crippen LogP contribution < -0.4 is 10.1 Å². The number of hydrogen-bond acceptors (Lipinski definition) is 3. The van der Waals surface area contributed by atoms with Crippen molar-refractivity contribution in [2.45, 2.75) is 6.04 Å². The van der Waals surface area contributed by atoms with Crippen LogP contribution in [0.4, 0.5) is 13.6 Å². The van der Waals surface area contributed by atoms with E-state index in [1.165, 1.54) is 7.11 Å². The maximum absolute atomic E-state index is 13.6. The topological polar surface area (TPSA) is 47.6 Å². The summed E-state index contributed by atoms with van der Waals surface area (Å²) in [4.78, 5) is 10.8. The van der Waals surface area contributed by atoms with Crippen molar-refractivity contribution >= 4 is 18.5 Å². The molecule has 4 nitrogen and oxygen atoms in total. The summed E-state index contributed by atoms with van der Waals surface area (Å²) in [6, 6.07) is 1.32. The van der Waals surface area contributed by atoms with E-state index < -0.39 is 23.8 Å². The molecule has 0 spiro atoms. The number of carbonyl (C=O) groups is 1. The molecule has 1 saturated heterocycles. The summed E-state index contributed by atoms with van der Waals surface area (Å²) in [5.74, 6) is -1.45. The van der Waals surface area contributed by atoms with Gasteiger partial charge in [0.1, 0.15) is 24.0 Å². The van der Waals surface area contributed by atoms with Crippen molar-refractivity contribution in [2.75, 3.05) is 13.7 Å². The molecule has 94 valence electrons. The number of carbonyl (C=O) groups excluding carboxylic acids is 1. The van der Waals surface area contributed by atoms with Crippen LogP contribution in [0, 0.1) is 11.6 Å². The third-order valence-electron chi connectivity index (χ3n) is 2.31. The molecule has 1 amide bonds. The highest BCUT2D eigenvalue weighted by Crippen LogP contribution is 2.27. The zero-order valence-corrected chi connectivity index (χ0v) is 9.64. The SMILES string of the molecule is COc1cc(F)c([C@H]2COC(=O)N2)c(F)c1.Cl. The summed E-state index contributed by atoms with van der Waals surface area (Å²) in [6.45, 7) is -0.0843. The van der Waals surface area contributed by atoms with E-state index in [1.807, 2.05) is 0 Å². The van der Waals surface area contributed by atoms with Crippen molar-refractivity contribution in [3.8, 4) is 5.75 Å². The Hall–Kier alpha value is -1.56. The fourth-order valence-electron chi connectivity index (χ4n) is 1.55. The molecule has 1 aliphatic rings. The zero-order valence-electron chi connectivity index (χ0n) is 8.83. The highest BCUT2D eigenvalue weighted by molar-refractivity contribution is 5.85. The number of amides is 1. The molecule has 0 aliphatic carbocycles. The van der Waals surface area contributed by atoms with Crippen molar-refractivity contribution in [2.24, 2.45) is 0 Å². The first-order chi connectivity index (χ1) is 7.61. The van der Waals surface area contributed by atoms with Gasteiger partial charge in [-0.15, -0.1) is 12.4 Å². The predicted molar refractivity (Wildman–Crippen MR) is 57.4 cm³/mol. The van der Waals surface area contributed by atoms with Gasteiger partial charge in [-0.3, -0.25) is 0 Å². The van der Waals surface area contributed by atoms with Crippen LogP contribution in [-0.4, -0.2) is 19.8 Å². The highest BCUT2D eigenvalue weighted by Gasteiger charge is 2.29. The fourth-order valence-corrected chi connectivity index (χ4v) is 1.55. The summed E-state index contributed by atoms with van der Waals surface area (Å²) in [7, 11) is 1.31. The first kappa shape index (κ1) is 13.5. The van der Waals surface area contributed by atoms with Crippen LogP contribution in [0.1, 0.15) is 11.6 Å². The Labute approximate surface area is 102 Å². The number of ether oxygens (including phenoxy) is 2. The third kappa shape index (κ3) is 2.58. The van der Waals surface area contributed by atoms with E-state index in [9.17, 15) is 13.6 Å². The van der Waals surface area contributed by atoms with Gasteiger partial charge in [-0.2, -0.15) is 0 Å². The quantitative estimate of drug-likeness (QED) is 0.892. The Morgan fingerprint density at radius 2 is 2.00 bits per heavy atom. The molecule has 17 heavy (non-hydrogen) atoms. The normalized spacial score (nSPS) is 18.1. The fraction of sp³-hybridized carbons (Fsp3) is 0.300. The van der Waals surface area contributed by atoms with Crippen molar-refractivity contribution in [3.05, 3.63) is 29.3 Å². The number of benzene rings is 1. The minimum atomic E-state index is -0.793. The lowest BCUT2D eigenvalue weighted by molar-refractivity contribution is 0.176. The average molecular weight is 266 g/mol. The lowest BCUT2D eigenvalue weighted by atomic mass is 10.1. The minimum absolute atomic E-state index is 0. The predicted octanol–water partition coefficient (Wildman–Crippen LogP) is 2.18. The lowest BCUT2D eigenvalue weighted by Crippen LogP contribution is -2.20. The van der Waals surface area contributed by atoms with Crippen molar-refractivity contribution < 1.29 is 23.0 Å². The van der Waals surface area contributed by atoms with E-state index in [1.54, 1.807) is 0 Å². The largest absolute Gasteiger partial charge is 0.497 e. The van der Waals surface area contributed by atoms with Crippen LogP contribution in [0.3, 0.4) is 0 Å². The first-order valence-corrected chi connectivity index (χ1v) is 4.58. The highest BCUT2D eigenvalue weighted by atomic mass is 35.5. The minimum Gasteiger partial charge on any atom is -0.497 e. The number of hydrogen-bond donors (Lipinski definition) is 1. The summed E-state index contributed by atoms with van der Waals surface area (Å²) >= 11 is 0. The van der Waals surface area contributed by atoms with Gasteiger partial charge in [0, 0.05) is 17.7 Å². The van der Waals surface area contributed by atoms with Crippen molar-refractivity contribution in [1.29, 1.82) is 0 Å². The van der Waals surface area contributed by atoms with E-state index in [0.29, 0.717) is 0 Å². The van der Waals surface area contributed by atoms with Crippen molar-refractivity contribution in [3.63, 3.8) is 0 Å². The smallest absolute Gasteiger partial charge is 0.407 e. The standard InChI is InChI=1S/C10H9F2NO3.ClH/c1-15-5-2-6(11)9(7(12)3-5)8-4-16-10(14)13-8;/h2-3,8H,4H2,1H3,(H,13,14);1H/t8-;/m1./s1. The molecule has 0 aromatic heterocycles. The van der Waals surface area contributed by atoms with Crippen molar-refractivity contribution in [1.82, 2.24) is 5.32 Å². The molecule has 7 heteroatoms. The Morgan fingerprint density at radius 1 is 1.41 bits per heavy atom. The molecule has 2 rings (SSSR count). The summed E-state index contributed by atoms with van der Waals surface area (Å²) in [5.41, 5.74) is -0.216. The lowest BCUT2D eigenvalue weighted by Gasteiger charge is -2.11. The van der Waals surface area contributed by atoms with Crippen LogP contribution in [0.2, 0.25) is 0 Å². The molecular formula is C10H10ClF2NO3. The van der Waals surface area contributed by atoms with Gasteiger partial charge >= 0.3 is 6.09 Å². The molecule has 1 aliphatic heterocycles. The van der Waals surface area contributed by atoms with Gasteiger partial charge in [0.25, 0.3) is 0 Å². The van der Waals surface area contributed by atoms with Crippen LogP contribution >= 0.6 is 12.4 Å². The molecule has 1 atom stereocenters. The van der Waals surface area contributed by atoms with Gasteiger partial charge in [0.05, 0.1) is 13.2 Å². The zero-order chi connectivity index (χ0) is 11.7. The Balaban J connectivity index is 0.00000144. The second-order valence-electron chi connectivity index (χ2n) is 3.30. The molecule has 0 radical (unpaired) electrons. The van der Waals surface area contributed by atoms with Gasteiger partial charge in [-0.05, 0) is 0 Å². The second kappa shape index (κ2) is 5.18. The molecule has 0 bridgehead atoms. The number of cyclic esters (lactones) is 1. The first-order valence-electron chi connectivity index (χ1n) is 4.58. The van der Waals surface area contributed by atoms with Crippen LogP contribution in [0.5, 0.6) is 5.75 Å². The summed E-state index contributed by atoms with van der Waals surface area (Å²) in [6.07, 6.45) is -0.681. The molecule has 1 heterocycles. The average Bonchev–Trinajstić information content (AvgIpc) is 2.63. The Morgan fingerprint density at radius 3 is 2.41 bits per heavy atom. The number of alkyl carbamates (subject to hydrolysis) is 1. The molecular weight excluding hydrogens is 256 g/mol. The molecule has 0 unspecified atom stereocenters. The number of rotatable bonds is 2. The van der Waals surface area contributed by atoms with Crippen LogP contribution in [0.15, 0.2) is 12.1 Å². The maximum atomic E-state index is 13.6. The van der Waals surface area contributed by atoms with E-state index in [2.05, 4.69) is 10.1 Å². The number of methoxy groups -OCH3 is 1. The molecule has 1 aromatic rings. The Bertz CT molecular complexity index is 419. The molecule has 1 N–H and O–H groups in total. The number of nitrogens with one attached hydrogen (secondary N) is 1. The number of halogens is 3. The third-order valence-corrected chi connectivity index (χ3v) is 2.31. The van der Waals surface area contributed by atoms with Gasteiger partial charge in [0.15, 0.2) is 0 Å². The van der Waals surface area contributed by atoms with E-state index in [-0.39, 0.29) is 30.3 Å². The van der Waals surface area contributed by atoms with E-state index >= 15 is 0 Å². The van der Waals surface area contributed by atoms with Gasteiger partial charge < -0.3 is 14.8 Å².